The van der Waals surface area contributed by atoms with Gasteiger partial charge >= 0.3 is 0 Å². The van der Waals surface area contributed by atoms with Crippen LogP contribution in [0.1, 0.15) is 12.8 Å². The molecule has 0 bridgehead atoms. The van der Waals surface area contributed by atoms with Crippen LogP contribution in [0.15, 0.2) is 40.6 Å². The van der Waals surface area contributed by atoms with Gasteiger partial charge in [-0.25, -0.2) is 21.8 Å². The third kappa shape index (κ3) is 3.27. The molecule has 2 aliphatic heterocycles. The molecule has 0 unspecified atom stereocenters. The number of ether oxygens (including phenoxy) is 2. The number of piperidine rings is 1. The maximum absolute atomic E-state index is 13.0. The first-order valence-electron chi connectivity index (χ1n) is 8.91. The highest BCUT2D eigenvalue weighted by atomic mass is 32.2. The molecule has 152 valence electrons. The Bertz CT molecular complexity index is 1090. The Morgan fingerprint density at radius 3 is 2.36 bits per heavy atom. The average molecular weight is 428 g/mol. The topological polar surface area (TPSA) is 108 Å². The van der Waals surface area contributed by atoms with Gasteiger partial charge in [0.25, 0.3) is 0 Å². The molecule has 1 saturated heterocycles. The summed E-state index contributed by atoms with van der Waals surface area (Å²) in [4.78, 5) is 4.05. The maximum atomic E-state index is 13.0. The predicted octanol–water partition coefficient (Wildman–Crippen LogP) is 0.818. The van der Waals surface area contributed by atoms with Crippen LogP contribution in [0.25, 0.3) is 0 Å². The van der Waals surface area contributed by atoms with E-state index in [1.54, 1.807) is 19.3 Å². The average Bonchev–Trinajstić information content (AvgIpc) is 3.14. The lowest BCUT2D eigenvalue weighted by molar-refractivity contribution is 0.171. The smallest absolute Gasteiger partial charge is 0.243 e. The highest BCUT2D eigenvalue weighted by Crippen LogP contribution is 2.34. The maximum Gasteiger partial charge on any atom is 0.243 e. The third-order valence-electron chi connectivity index (χ3n) is 5.02. The second kappa shape index (κ2) is 7.05. The summed E-state index contributed by atoms with van der Waals surface area (Å²) in [5.74, 6) is 0.921. The highest BCUT2D eigenvalue weighted by molar-refractivity contribution is 7.92. The molecule has 2 aliphatic rings. The van der Waals surface area contributed by atoms with Crippen molar-refractivity contribution < 1.29 is 26.3 Å². The molecular weight excluding hydrogens is 406 g/mol. The Hall–Kier alpha value is -2.11. The Morgan fingerprint density at radius 1 is 1.04 bits per heavy atom. The molecule has 1 aromatic carbocycles. The van der Waals surface area contributed by atoms with Gasteiger partial charge in [-0.1, -0.05) is 0 Å². The van der Waals surface area contributed by atoms with Gasteiger partial charge in [0.05, 0.1) is 10.1 Å². The summed E-state index contributed by atoms with van der Waals surface area (Å²) in [6.45, 7) is 1.06. The molecule has 28 heavy (non-hydrogen) atoms. The van der Waals surface area contributed by atoms with Crippen molar-refractivity contribution in [3.63, 3.8) is 0 Å². The fourth-order valence-electron chi connectivity index (χ4n) is 3.49. The van der Waals surface area contributed by atoms with E-state index in [2.05, 4.69) is 4.98 Å². The number of hydrogen-bond acceptors (Lipinski definition) is 7. The van der Waals surface area contributed by atoms with Crippen molar-refractivity contribution in [2.24, 2.45) is 7.05 Å². The molecule has 11 heteroatoms. The third-order valence-corrected chi connectivity index (χ3v) is 9.17. The van der Waals surface area contributed by atoms with E-state index >= 15 is 0 Å². The first-order chi connectivity index (χ1) is 13.3. The Labute approximate surface area is 163 Å². The van der Waals surface area contributed by atoms with Crippen LogP contribution >= 0.6 is 0 Å². The molecule has 0 spiro atoms. The molecule has 3 heterocycles. The normalized spacial score (nSPS) is 18.9. The summed E-state index contributed by atoms with van der Waals surface area (Å²) in [5.41, 5.74) is 0. The van der Waals surface area contributed by atoms with E-state index in [-0.39, 0.29) is 36.0 Å². The van der Waals surface area contributed by atoms with Crippen LogP contribution in [-0.4, -0.2) is 62.2 Å². The first-order valence-corrected chi connectivity index (χ1v) is 11.9. The number of aryl methyl sites for hydroxylation is 1. The standard InChI is InChI=1S/C17H21N3O6S2/c1-19-9-6-18-17(19)27(21,22)13-4-7-20(8-5-13)28(23,24)14-2-3-15-16(12-14)26-11-10-25-15/h2-3,6,9,12-13H,4-5,7-8,10-11H2,1H3. The second-order valence-corrected chi connectivity index (χ2v) is 10.8. The Kier molecular flexibility index (Phi) is 4.84. The van der Waals surface area contributed by atoms with Crippen LogP contribution in [0.5, 0.6) is 11.5 Å². The van der Waals surface area contributed by atoms with E-state index in [0.29, 0.717) is 24.7 Å². The molecule has 2 aromatic rings. The summed E-state index contributed by atoms with van der Waals surface area (Å²) < 4.78 is 65.2. The number of rotatable bonds is 4. The molecule has 0 aliphatic carbocycles. The lowest BCUT2D eigenvalue weighted by Crippen LogP contribution is -2.42. The van der Waals surface area contributed by atoms with Gasteiger partial charge < -0.3 is 14.0 Å². The predicted molar refractivity (Wildman–Crippen MR) is 99.6 cm³/mol. The van der Waals surface area contributed by atoms with Crippen molar-refractivity contribution in [3.8, 4) is 11.5 Å². The molecule has 0 radical (unpaired) electrons. The summed E-state index contributed by atoms with van der Waals surface area (Å²) in [6.07, 6.45) is 3.46. The van der Waals surface area contributed by atoms with E-state index in [1.807, 2.05) is 0 Å². The number of benzene rings is 1. The van der Waals surface area contributed by atoms with Gasteiger partial charge in [0, 0.05) is 38.6 Å². The zero-order chi connectivity index (χ0) is 19.9. The number of imidazole rings is 1. The SMILES string of the molecule is Cn1ccnc1S(=O)(=O)C1CCN(S(=O)(=O)c2ccc3c(c2)OCCO3)CC1. The Balaban J connectivity index is 1.51. The molecule has 0 amide bonds. The monoisotopic (exact) mass is 427 g/mol. The minimum Gasteiger partial charge on any atom is -0.486 e. The summed E-state index contributed by atoms with van der Waals surface area (Å²) in [5, 5.41) is -0.638. The van der Waals surface area contributed by atoms with Crippen LogP contribution in [0.2, 0.25) is 0 Å². The van der Waals surface area contributed by atoms with Crippen molar-refractivity contribution in [2.75, 3.05) is 26.3 Å². The largest absolute Gasteiger partial charge is 0.486 e. The van der Waals surface area contributed by atoms with E-state index < -0.39 is 25.1 Å². The van der Waals surface area contributed by atoms with Gasteiger partial charge in [-0.15, -0.1) is 0 Å². The van der Waals surface area contributed by atoms with E-state index in [4.69, 9.17) is 9.47 Å². The van der Waals surface area contributed by atoms with Gasteiger partial charge in [0.15, 0.2) is 11.5 Å². The van der Waals surface area contributed by atoms with Gasteiger partial charge in [-0.3, -0.25) is 0 Å². The van der Waals surface area contributed by atoms with Crippen molar-refractivity contribution in [3.05, 3.63) is 30.6 Å². The lowest BCUT2D eigenvalue weighted by atomic mass is 10.2. The highest BCUT2D eigenvalue weighted by Gasteiger charge is 2.37. The first kappa shape index (κ1) is 19.2. The van der Waals surface area contributed by atoms with Gasteiger partial charge in [-0.2, -0.15) is 4.31 Å². The number of aromatic nitrogens is 2. The quantitative estimate of drug-likeness (QED) is 0.711. The lowest BCUT2D eigenvalue weighted by Gasteiger charge is -2.31. The van der Waals surface area contributed by atoms with Crippen molar-refractivity contribution in [1.82, 2.24) is 13.9 Å². The Morgan fingerprint density at radius 2 is 1.71 bits per heavy atom. The van der Waals surface area contributed by atoms with Crippen LogP contribution in [0.3, 0.4) is 0 Å². The van der Waals surface area contributed by atoms with Crippen molar-refractivity contribution in [2.45, 2.75) is 28.1 Å². The zero-order valence-corrected chi connectivity index (χ0v) is 16.9. The van der Waals surface area contributed by atoms with Crippen LogP contribution < -0.4 is 9.47 Å². The summed E-state index contributed by atoms with van der Waals surface area (Å²) in [6, 6.07) is 4.53. The molecule has 4 rings (SSSR count). The van der Waals surface area contributed by atoms with Crippen LogP contribution in [-0.2, 0) is 26.9 Å². The number of sulfone groups is 1. The number of sulfonamides is 1. The van der Waals surface area contributed by atoms with E-state index in [9.17, 15) is 16.8 Å². The molecule has 1 fully saturated rings. The van der Waals surface area contributed by atoms with Crippen molar-refractivity contribution in [1.29, 1.82) is 0 Å². The number of nitrogens with zero attached hydrogens (tertiary/aromatic N) is 3. The van der Waals surface area contributed by atoms with Crippen LogP contribution in [0.4, 0.5) is 0 Å². The minimum atomic E-state index is -3.74. The van der Waals surface area contributed by atoms with Gasteiger partial charge in [0.1, 0.15) is 13.2 Å². The molecule has 9 nitrogen and oxygen atoms in total. The van der Waals surface area contributed by atoms with Crippen LogP contribution in [0, 0.1) is 0 Å². The molecule has 0 saturated carbocycles. The molecule has 0 atom stereocenters. The molecule has 0 N–H and O–H groups in total. The zero-order valence-electron chi connectivity index (χ0n) is 15.3. The number of fused-ring (bicyclic) bond motifs is 1. The minimum absolute atomic E-state index is 0.0145. The van der Waals surface area contributed by atoms with E-state index in [1.165, 1.54) is 27.2 Å². The van der Waals surface area contributed by atoms with Gasteiger partial charge in [0.2, 0.25) is 25.0 Å². The number of hydrogen-bond donors (Lipinski definition) is 0. The summed E-state index contributed by atoms with van der Waals surface area (Å²) >= 11 is 0. The fourth-order valence-corrected chi connectivity index (χ4v) is 6.78. The molecule has 1 aromatic heterocycles. The fraction of sp³-hybridized carbons (Fsp3) is 0.471. The van der Waals surface area contributed by atoms with E-state index in [0.717, 1.165) is 0 Å². The van der Waals surface area contributed by atoms with Crippen molar-refractivity contribution >= 4 is 19.9 Å². The summed E-state index contributed by atoms with van der Waals surface area (Å²) in [7, 11) is -5.72. The molecular formula is C17H21N3O6S2. The van der Waals surface area contributed by atoms with Gasteiger partial charge in [-0.05, 0) is 25.0 Å². The second-order valence-electron chi connectivity index (χ2n) is 6.77.